The summed E-state index contributed by atoms with van der Waals surface area (Å²) in [5, 5.41) is 3.07. The van der Waals surface area contributed by atoms with Gasteiger partial charge in [-0.25, -0.2) is 0 Å². The molecule has 3 heteroatoms. The molecule has 0 saturated heterocycles. The van der Waals surface area contributed by atoms with Gasteiger partial charge in [-0.3, -0.25) is 4.79 Å². The summed E-state index contributed by atoms with van der Waals surface area (Å²) in [5.74, 6) is 0.0540. The first-order chi connectivity index (χ1) is 10.4. The maximum atomic E-state index is 12.4. The van der Waals surface area contributed by atoms with Crippen molar-refractivity contribution in [1.82, 2.24) is 0 Å². The quantitative estimate of drug-likeness (QED) is 0.841. The fourth-order valence-electron chi connectivity index (χ4n) is 2.71. The summed E-state index contributed by atoms with van der Waals surface area (Å²) in [5.41, 5.74) is 4.38. The van der Waals surface area contributed by atoms with Gasteiger partial charge in [0.1, 0.15) is 6.54 Å². The summed E-state index contributed by atoms with van der Waals surface area (Å²) in [6, 6.07) is 16.3. The number of nitrogens with zero attached hydrogens (tertiary/aromatic N) is 1. The third-order valence-corrected chi connectivity index (χ3v) is 3.77. The smallest absolute Gasteiger partial charge is 0.279 e. The van der Waals surface area contributed by atoms with E-state index in [9.17, 15) is 4.79 Å². The van der Waals surface area contributed by atoms with Crippen molar-refractivity contribution in [3.8, 4) is 0 Å². The van der Waals surface area contributed by atoms with E-state index in [0.717, 1.165) is 23.4 Å². The summed E-state index contributed by atoms with van der Waals surface area (Å²) in [4.78, 5) is 12.4. The average Bonchev–Trinajstić information content (AvgIpc) is 2.43. The van der Waals surface area contributed by atoms with E-state index in [0.29, 0.717) is 11.0 Å². The highest BCUT2D eigenvalue weighted by Crippen LogP contribution is 2.19. The van der Waals surface area contributed by atoms with Crippen molar-refractivity contribution < 1.29 is 9.28 Å². The number of benzene rings is 2. The Labute approximate surface area is 133 Å². The third kappa shape index (κ3) is 4.43. The molecule has 0 aliphatic carbocycles. The third-order valence-electron chi connectivity index (χ3n) is 3.77. The minimum Gasteiger partial charge on any atom is -0.321 e. The van der Waals surface area contributed by atoms with E-state index >= 15 is 0 Å². The molecule has 1 N–H and O–H groups in total. The molecule has 2 aromatic rings. The number of likely N-dealkylation sites (N-methyl/N-ethyl adjacent to an activating group) is 1. The number of carbonyl (C=O) groups excluding carboxylic acids is 1. The number of para-hydroxylation sites is 1. The molecule has 0 bridgehead atoms. The Kier molecular flexibility index (Phi) is 4.99. The van der Waals surface area contributed by atoms with Crippen molar-refractivity contribution in [3.63, 3.8) is 0 Å². The van der Waals surface area contributed by atoms with Crippen molar-refractivity contribution in [1.29, 1.82) is 0 Å². The van der Waals surface area contributed by atoms with E-state index in [1.54, 1.807) is 0 Å². The number of rotatable bonds is 5. The standard InChI is InChI=1S/C19H24N2O/c1-15-9-8-10-16(2)19(15)20-18(22)14-21(3,4)13-17-11-6-5-7-12-17/h5-12H,13-14H2,1-4H3/p+1. The van der Waals surface area contributed by atoms with Gasteiger partial charge >= 0.3 is 0 Å². The lowest BCUT2D eigenvalue weighted by molar-refractivity contribution is -0.895. The Hall–Kier alpha value is -2.13. The Bertz CT molecular complexity index is 627. The lowest BCUT2D eigenvalue weighted by Gasteiger charge is -2.29. The summed E-state index contributed by atoms with van der Waals surface area (Å²) >= 11 is 0. The number of amides is 1. The zero-order valence-corrected chi connectivity index (χ0v) is 13.9. The molecule has 0 atom stereocenters. The summed E-state index contributed by atoms with van der Waals surface area (Å²) in [6.07, 6.45) is 0. The van der Waals surface area contributed by atoms with Gasteiger partial charge in [-0.15, -0.1) is 0 Å². The van der Waals surface area contributed by atoms with Crippen LogP contribution in [0.5, 0.6) is 0 Å². The molecule has 0 unspecified atom stereocenters. The normalized spacial score (nSPS) is 11.3. The van der Waals surface area contributed by atoms with Crippen molar-refractivity contribution >= 4 is 11.6 Å². The van der Waals surface area contributed by atoms with Crippen molar-refractivity contribution in [2.24, 2.45) is 0 Å². The SMILES string of the molecule is Cc1cccc(C)c1NC(=O)C[N+](C)(C)Cc1ccccc1. The highest BCUT2D eigenvalue weighted by molar-refractivity contribution is 5.93. The monoisotopic (exact) mass is 297 g/mol. The Morgan fingerprint density at radius 1 is 0.955 bits per heavy atom. The van der Waals surface area contributed by atoms with Crippen LogP contribution < -0.4 is 5.32 Å². The summed E-state index contributed by atoms with van der Waals surface area (Å²) in [6.45, 7) is 5.32. The average molecular weight is 297 g/mol. The van der Waals surface area contributed by atoms with Gasteiger partial charge in [-0.1, -0.05) is 48.5 Å². The molecule has 1 amide bonds. The van der Waals surface area contributed by atoms with Crippen LogP contribution in [0.4, 0.5) is 5.69 Å². The highest BCUT2D eigenvalue weighted by atomic mass is 16.2. The van der Waals surface area contributed by atoms with Gasteiger partial charge < -0.3 is 9.80 Å². The summed E-state index contributed by atoms with van der Waals surface area (Å²) in [7, 11) is 4.16. The Morgan fingerprint density at radius 3 is 2.14 bits per heavy atom. The molecule has 2 rings (SSSR count). The molecule has 116 valence electrons. The highest BCUT2D eigenvalue weighted by Gasteiger charge is 2.21. The fraction of sp³-hybridized carbons (Fsp3) is 0.316. The second-order valence-electron chi connectivity index (χ2n) is 6.55. The molecular formula is C19H25N2O+. The first-order valence-corrected chi connectivity index (χ1v) is 7.59. The topological polar surface area (TPSA) is 29.1 Å². The predicted octanol–water partition coefficient (Wildman–Crippen LogP) is 3.52. The second-order valence-corrected chi connectivity index (χ2v) is 6.55. The largest absolute Gasteiger partial charge is 0.321 e. The van der Waals surface area contributed by atoms with E-state index in [2.05, 4.69) is 31.5 Å². The van der Waals surface area contributed by atoms with Crippen LogP contribution >= 0.6 is 0 Å². The number of hydrogen-bond acceptors (Lipinski definition) is 1. The Morgan fingerprint density at radius 2 is 1.55 bits per heavy atom. The van der Waals surface area contributed by atoms with E-state index < -0.39 is 0 Å². The van der Waals surface area contributed by atoms with Crippen LogP contribution in [0.3, 0.4) is 0 Å². The molecule has 0 heterocycles. The van der Waals surface area contributed by atoms with Crippen LogP contribution in [0.1, 0.15) is 16.7 Å². The zero-order valence-electron chi connectivity index (χ0n) is 13.9. The molecule has 0 spiro atoms. The fourth-order valence-corrected chi connectivity index (χ4v) is 2.71. The van der Waals surface area contributed by atoms with Crippen LogP contribution in [-0.2, 0) is 11.3 Å². The lowest BCUT2D eigenvalue weighted by Crippen LogP contribution is -2.44. The number of quaternary nitrogens is 1. The molecule has 0 aliphatic heterocycles. The molecule has 0 fully saturated rings. The molecule has 0 aliphatic rings. The number of nitrogens with one attached hydrogen (secondary N) is 1. The number of anilines is 1. The molecule has 0 saturated carbocycles. The molecule has 22 heavy (non-hydrogen) atoms. The number of aryl methyl sites for hydroxylation is 2. The minimum absolute atomic E-state index is 0.0540. The van der Waals surface area contributed by atoms with E-state index in [-0.39, 0.29) is 5.91 Å². The van der Waals surface area contributed by atoms with Gasteiger partial charge in [0.05, 0.1) is 14.1 Å². The molecule has 3 nitrogen and oxygen atoms in total. The number of hydrogen-bond donors (Lipinski definition) is 1. The van der Waals surface area contributed by atoms with Crippen LogP contribution in [0, 0.1) is 13.8 Å². The first kappa shape index (κ1) is 16.2. The van der Waals surface area contributed by atoms with Crippen LogP contribution in [0.15, 0.2) is 48.5 Å². The zero-order chi connectivity index (χ0) is 16.2. The minimum atomic E-state index is 0.0540. The lowest BCUT2D eigenvalue weighted by atomic mass is 10.1. The van der Waals surface area contributed by atoms with Crippen molar-refractivity contribution in [2.75, 3.05) is 26.0 Å². The summed E-state index contributed by atoms with van der Waals surface area (Å²) < 4.78 is 0.626. The van der Waals surface area contributed by atoms with Crippen LogP contribution in [0.2, 0.25) is 0 Å². The predicted molar refractivity (Wildman–Crippen MR) is 91.7 cm³/mol. The van der Waals surface area contributed by atoms with Gasteiger partial charge in [-0.2, -0.15) is 0 Å². The van der Waals surface area contributed by atoms with Gasteiger partial charge in [0, 0.05) is 11.3 Å². The maximum Gasteiger partial charge on any atom is 0.279 e. The molecule has 0 aromatic heterocycles. The van der Waals surface area contributed by atoms with Gasteiger partial charge in [0.25, 0.3) is 5.91 Å². The number of carbonyl (C=O) groups is 1. The Balaban J connectivity index is 2.02. The van der Waals surface area contributed by atoms with Gasteiger partial charge in [0.2, 0.25) is 0 Å². The van der Waals surface area contributed by atoms with Gasteiger partial charge in [-0.05, 0) is 25.0 Å². The van der Waals surface area contributed by atoms with Crippen LogP contribution in [-0.4, -0.2) is 31.0 Å². The molecule has 2 aromatic carbocycles. The molecule has 0 radical (unpaired) electrons. The van der Waals surface area contributed by atoms with Crippen molar-refractivity contribution in [3.05, 3.63) is 65.2 Å². The second kappa shape index (κ2) is 6.75. The van der Waals surface area contributed by atoms with Gasteiger partial charge in [0.15, 0.2) is 6.54 Å². The first-order valence-electron chi connectivity index (χ1n) is 7.59. The molecular weight excluding hydrogens is 272 g/mol. The van der Waals surface area contributed by atoms with E-state index in [1.807, 2.05) is 50.2 Å². The maximum absolute atomic E-state index is 12.4. The van der Waals surface area contributed by atoms with E-state index in [4.69, 9.17) is 0 Å². The van der Waals surface area contributed by atoms with Crippen molar-refractivity contribution in [2.45, 2.75) is 20.4 Å². The van der Waals surface area contributed by atoms with E-state index in [1.165, 1.54) is 5.56 Å². The van der Waals surface area contributed by atoms with Crippen LogP contribution in [0.25, 0.3) is 0 Å².